The van der Waals surface area contributed by atoms with Gasteiger partial charge in [0.2, 0.25) is 0 Å². The van der Waals surface area contributed by atoms with Crippen LogP contribution in [-0.2, 0) is 4.79 Å². The summed E-state index contributed by atoms with van der Waals surface area (Å²) < 4.78 is 10.2. The van der Waals surface area contributed by atoms with Gasteiger partial charge in [-0.05, 0) is 41.3 Å². The first-order valence-corrected chi connectivity index (χ1v) is 8.74. The minimum absolute atomic E-state index is 0.235. The van der Waals surface area contributed by atoms with Gasteiger partial charge in [0, 0.05) is 6.92 Å². The summed E-state index contributed by atoms with van der Waals surface area (Å²) in [6.45, 7) is 1.31. The first kappa shape index (κ1) is 18.3. The number of carbonyl (C=O) groups is 2. The summed E-state index contributed by atoms with van der Waals surface area (Å²) in [6.07, 6.45) is 1.45. The van der Waals surface area contributed by atoms with Crippen molar-refractivity contribution < 1.29 is 19.1 Å². The number of aromatic nitrogens is 2. The summed E-state index contributed by atoms with van der Waals surface area (Å²) in [7, 11) is 1.47. The molecule has 0 unspecified atom stereocenters. The summed E-state index contributed by atoms with van der Waals surface area (Å²) in [5, 5.41) is 12.7. The third-order valence-corrected chi connectivity index (χ3v) is 4.32. The van der Waals surface area contributed by atoms with Crippen molar-refractivity contribution >= 4 is 29.4 Å². The van der Waals surface area contributed by atoms with Crippen molar-refractivity contribution in [3.8, 4) is 22.1 Å². The molecule has 1 aromatic carbocycles. The fourth-order valence-corrected chi connectivity index (χ4v) is 2.91. The Morgan fingerprint density at radius 1 is 1.26 bits per heavy atom. The van der Waals surface area contributed by atoms with Crippen molar-refractivity contribution in [2.45, 2.75) is 6.92 Å². The van der Waals surface area contributed by atoms with E-state index in [1.165, 1.54) is 20.2 Å². The maximum atomic E-state index is 12.1. The SMILES string of the molecule is COc1cc(/C=N\NC(=O)c2cc(-c3cccs3)[nH]n2)ccc1OC(C)=O. The van der Waals surface area contributed by atoms with E-state index >= 15 is 0 Å². The molecular formula is C18H16N4O4S. The van der Waals surface area contributed by atoms with Gasteiger partial charge in [0.1, 0.15) is 0 Å². The van der Waals surface area contributed by atoms with Gasteiger partial charge in [-0.3, -0.25) is 14.7 Å². The molecule has 0 aliphatic carbocycles. The minimum atomic E-state index is -0.442. The number of thiophene rings is 1. The second kappa shape index (κ2) is 8.28. The fraction of sp³-hybridized carbons (Fsp3) is 0.111. The van der Waals surface area contributed by atoms with Gasteiger partial charge in [-0.2, -0.15) is 10.2 Å². The predicted molar refractivity (Wildman–Crippen MR) is 101 cm³/mol. The molecule has 0 atom stereocenters. The largest absolute Gasteiger partial charge is 0.493 e. The third kappa shape index (κ3) is 4.59. The molecular weight excluding hydrogens is 368 g/mol. The van der Waals surface area contributed by atoms with E-state index in [1.54, 1.807) is 35.6 Å². The maximum Gasteiger partial charge on any atom is 0.308 e. The van der Waals surface area contributed by atoms with Gasteiger partial charge in [0.15, 0.2) is 17.2 Å². The zero-order valence-electron chi connectivity index (χ0n) is 14.6. The average molecular weight is 384 g/mol. The van der Waals surface area contributed by atoms with E-state index in [0.717, 1.165) is 10.6 Å². The lowest BCUT2D eigenvalue weighted by Crippen LogP contribution is -2.18. The summed E-state index contributed by atoms with van der Waals surface area (Å²) >= 11 is 1.55. The van der Waals surface area contributed by atoms with Crippen molar-refractivity contribution in [3.05, 3.63) is 53.0 Å². The van der Waals surface area contributed by atoms with Crippen LogP contribution >= 0.6 is 11.3 Å². The molecule has 0 bridgehead atoms. The van der Waals surface area contributed by atoms with Crippen molar-refractivity contribution in [1.82, 2.24) is 15.6 Å². The van der Waals surface area contributed by atoms with Gasteiger partial charge in [-0.1, -0.05) is 6.07 Å². The van der Waals surface area contributed by atoms with Crippen LogP contribution in [0.1, 0.15) is 23.0 Å². The molecule has 2 aromatic heterocycles. The molecule has 0 aliphatic rings. The van der Waals surface area contributed by atoms with E-state index in [2.05, 4.69) is 20.7 Å². The minimum Gasteiger partial charge on any atom is -0.493 e. The number of benzene rings is 1. The number of methoxy groups -OCH3 is 1. The normalized spacial score (nSPS) is 10.7. The van der Waals surface area contributed by atoms with Crippen molar-refractivity contribution in [2.75, 3.05) is 7.11 Å². The Kier molecular flexibility index (Phi) is 5.62. The molecule has 2 heterocycles. The molecule has 27 heavy (non-hydrogen) atoms. The first-order chi connectivity index (χ1) is 13.1. The van der Waals surface area contributed by atoms with E-state index in [-0.39, 0.29) is 5.69 Å². The van der Waals surface area contributed by atoms with Crippen LogP contribution in [0.4, 0.5) is 0 Å². The number of hydrogen-bond acceptors (Lipinski definition) is 7. The topological polar surface area (TPSA) is 106 Å². The van der Waals surface area contributed by atoms with Crippen molar-refractivity contribution in [1.29, 1.82) is 0 Å². The summed E-state index contributed by atoms with van der Waals surface area (Å²) in [4.78, 5) is 24.2. The van der Waals surface area contributed by atoms with E-state index in [9.17, 15) is 9.59 Å². The van der Waals surface area contributed by atoms with Crippen LogP contribution in [0.15, 0.2) is 46.9 Å². The summed E-state index contributed by atoms with van der Waals surface area (Å²) in [5.41, 5.74) is 4.08. The highest BCUT2D eigenvalue weighted by atomic mass is 32.1. The van der Waals surface area contributed by atoms with Gasteiger partial charge in [-0.15, -0.1) is 11.3 Å². The molecule has 0 aliphatic heterocycles. The Bertz CT molecular complexity index is 979. The summed E-state index contributed by atoms with van der Waals surface area (Å²) in [5.74, 6) is -0.186. The lowest BCUT2D eigenvalue weighted by molar-refractivity contribution is -0.132. The number of nitrogens with one attached hydrogen (secondary N) is 2. The van der Waals surface area contributed by atoms with E-state index in [1.807, 2.05) is 17.5 Å². The smallest absolute Gasteiger partial charge is 0.308 e. The van der Waals surface area contributed by atoms with Gasteiger partial charge in [-0.25, -0.2) is 5.43 Å². The molecule has 3 aromatic rings. The molecule has 138 valence electrons. The Morgan fingerprint density at radius 3 is 2.81 bits per heavy atom. The molecule has 0 radical (unpaired) electrons. The van der Waals surface area contributed by atoms with Crippen LogP contribution in [-0.4, -0.2) is 35.4 Å². The molecule has 9 heteroatoms. The van der Waals surface area contributed by atoms with Crippen molar-refractivity contribution in [3.63, 3.8) is 0 Å². The molecule has 8 nitrogen and oxygen atoms in total. The molecule has 0 fully saturated rings. The van der Waals surface area contributed by atoms with Crippen molar-refractivity contribution in [2.24, 2.45) is 5.10 Å². The number of hydrogen-bond donors (Lipinski definition) is 2. The van der Waals surface area contributed by atoms with Crippen LogP contribution < -0.4 is 14.9 Å². The fourth-order valence-electron chi connectivity index (χ4n) is 2.22. The van der Waals surface area contributed by atoms with Gasteiger partial charge < -0.3 is 9.47 Å². The first-order valence-electron chi connectivity index (χ1n) is 7.86. The molecule has 2 N–H and O–H groups in total. The van der Waals surface area contributed by atoms with Crippen LogP contribution in [0, 0.1) is 0 Å². The predicted octanol–water partition coefficient (Wildman–Crippen LogP) is 2.84. The highest BCUT2D eigenvalue weighted by molar-refractivity contribution is 7.13. The molecule has 0 spiro atoms. The van der Waals surface area contributed by atoms with E-state index in [4.69, 9.17) is 9.47 Å². The Morgan fingerprint density at radius 2 is 2.11 bits per heavy atom. The second-order valence-corrected chi connectivity index (χ2v) is 6.29. The number of nitrogens with zero attached hydrogens (tertiary/aromatic N) is 2. The Hall–Kier alpha value is -3.46. The molecule has 3 rings (SSSR count). The number of H-pyrrole nitrogens is 1. The zero-order chi connectivity index (χ0) is 19.2. The monoisotopic (exact) mass is 384 g/mol. The highest BCUT2D eigenvalue weighted by Gasteiger charge is 2.11. The van der Waals surface area contributed by atoms with Gasteiger partial charge in [0.25, 0.3) is 5.91 Å². The number of hydrazone groups is 1. The Balaban J connectivity index is 1.65. The third-order valence-electron chi connectivity index (χ3n) is 3.42. The Labute approximate surface area is 158 Å². The number of amides is 1. The number of esters is 1. The lowest BCUT2D eigenvalue weighted by atomic mass is 10.2. The highest BCUT2D eigenvalue weighted by Crippen LogP contribution is 2.27. The van der Waals surface area contributed by atoms with Gasteiger partial charge in [0.05, 0.1) is 23.9 Å². The lowest BCUT2D eigenvalue weighted by Gasteiger charge is -2.08. The number of aromatic amines is 1. The van der Waals surface area contributed by atoms with E-state index in [0.29, 0.717) is 17.1 Å². The maximum absolute atomic E-state index is 12.1. The average Bonchev–Trinajstić information content (AvgIpc) is 3.33. The van der Waals surface area contributed by atoms with Crippen LogP contribution in [0.2, 0.25) is 0 Å². The molecule has 0 saturated heterocycles. The van der Waals surface area contributed by atoms with E-state index < -0.39 is 11.9 Å². The summed E-state index contributed by atoms with van der Waals surface area (Å²) in [6, 6.07) is 10.4. The standard InChI is InChI=1S/C18H16N4O4S/c1-11(23)26-15-6-5-12(8-16(15)25-2)10-19-22-18(24)14-9-13(20-21-14)17-4-3-7-27-17/h3-10H,1-2H3,(H,20,21)(H,22,24)/b19-10-. The quantitative estimate of drug-likeness (QED) is 0.294. The number of rotatable bonds is 6. The van der Waals surface area contributed by atoms with Crippen LogP contribution in [0.3, 0.4) is 0 Å². The van der Waals surface area contributed by atoms with Crippen LogP contribution in [0.5, 0.6) is 11.5 Å². The molecule has 0 saturated carbocycles. The van der Waals surface area contributed by atoms with Crippen LogP contribution in [0.25, 0.3) is 10.6 Å². The zero-order valence-corrected chi connectivity index (χ0v) is 15.4. The number of carbonyl (C=O) groups excluding carboxylic acids is 2. The second-order valence-electron chi connectivity index (χ2n) is 5.35. The molecule has 1 amide bonds. The van der Waals surface area contributed by atoms with Gasteiger partial charge >= 0.3 is 5.97 Å². The number of ether oxygens (including phenoxy) is 2.